The predicted octanol–water partition coefficient (Wildman–Crippen LogP) is 5.72. The van der Waals surface area contributed by atoms with Crippen LogP contribution in [0.25, 0.3) is 21.7 Å². The Morgan fingerprint density at radius 3 is 2.38 bits per heavy atom. The van der Waals surface area contributed by atoms with E-state index in [0.717, 1.165) is 48.4 Å². The minimum atomic E-state index is -2.72. The van der Waals surface area contributed by atoms with Crippen LogP contribution in [-0.2, 0) is 11.0 Å². The van der Waals surface area contributed by atoms with Crippen molar-refractivity contribution in [3.63, 3.8) is 0 Å². The fourth-order valence-electron chi connectivity index (χ4n) is 4.56. The molecule has 178 valence electrons. The number of hydrogen-bond donors (Lipinski definition) is 0. The highest BCUT2D eigenvalue weighted by molar-refractivity contribution is 7.84. The lowest BCUT2D eigenvalue weighted by Crippen LogP contribution is -2.44. The van der Waals surface area contributed by atoms with Crippen LogP contribution in [0.1, 0.15) is 12.0 Å². The van der Waals surface area contributed by atoms with E-state index in [1.807, 2.05) is 30.3 Å². The van der Waals surface area contributed by atoms with E-state index in [1.54, 1.807) is 19.2 Å². The minimum Gasteiger partial charge on any atom is -0.494 e. The minimum absolute atomic E-state index is 0.192. The first-order valence-corrected chi connectivity index (χ1v) is 12.4. The van der Waals surface area contributed by atoms with Crippen molar-refractivity contribution in [3.8, 4) is 5.75 Å². The quantitative estimate of drug-likeness (QED) is 0.349. The first kappa shape index (κ1) is 23.1. The van der Waals surface area contributed by atoms with Gasteiger partial charge in [0.1, 0.15) is 5.75 Å². The van der Waals surface area contributed by atoms with Gasteiger partial charge in [-0.3, -0.25) is 3.97 Å². The van der Waals surface area contributed by atoms with Gasteiger partial charge in [0.05, 0.1) is 23.2 Å². The Kier molecular flexibility index (Phi) is 6.22. The number of fused-ring (bicyclic) bond motifs is 2. The van der Waals surface area contributed by atoms with Crippen LogP contribution in [0.2, 0.25) is 5.02 Å². The van der Waals surface area contributed by atoms with Crippen LogP contribution < -0.4 is 9.64 Å². The van der Waals surface area contributed by atoms with E-state index in [1.165, 1.54) is 16.2 Å². The molecule has 1 atom stereocenters. The van der Waals surface area contributed by atoms with E-state index < -0.39 is 17.4 Å². The second kappa shape index (κ2) is 9.17. The molecule has 3 aromatic carbocycles. The van der Waals surface area contributed by atoms with Gasteiger partial charge < -0.3 is 14.5 Å². The Morgan fingerprint density at radius 1 is 1.00 bits per heavy atom. The van der Waals surface area contributed by atoms with E-state index in [9.17, 15) is 13.0 Å². The maximum absolute atomic E-state index is 14.0. The summed E-state index contributed by atoms with van der Waals surface area (Å²) in [7, 11) is 1.94. The molecular weight excluding hydrogens is 480 g/mol. The number of likely N-dealkylation sites (N-methyl/N-ethyl adjacent to an activating group) is 1. The zero-order valence-corrected chi connectivity index (χ0v) is 20.4. The predicted molar refractivity (Wildman–Crippen MR) is 134 cm³/mol. The van der Waals surface area contributed by atoms with E-state index in [-0.39, 0.29) is 5.56 Å². The van der Waals surface area contributed by atoms with Gasteiger partial charge in [0.2, 0.25) is 0 Å². The third-order valence-corrected chi connectivity index (χ3v) is 7.96. The lowest BCUT2D eigenvalue weighted by atomic mass is 10.1. The van der Waals surface area contributed by atoms with Gasteiger partial charge in [0.25, 0.3) is 6.43 Å². The highest BCUT2D eigenvalue weighted by Gasteiger charge is 2.25. The summed E-state index contributed by atoms with van der Waals surface area (Å²) in [6.07, 6.45) is -1.44. The summed E-state index contributed by atoms with van der Waals surface area (Å²) in [5, 5.41) is 2.24. The fraction of sp³-hybridized carbons (Fsp3) is 0.280. The third kappa shape index (κ3) is 3.93. The molecule has 0 saturated carbocycles. The normalized spacial score (nSPS) is 16.0. The monoisotopic (exact) mass is 503 g/mol. The number of alkyl halides is 2. The number of anilines is 1. The number of rotatable bonds is 5. The number of halogens is 3. The summed E-state index contributed by atoms with van der Waals surface area (Å²) in [5.41, 5.74) is 1.10. The molecule has 5 nitrogen and oxygen atoms in total. The van der Waals surface area contributed by atoms with E-state index in [0.29, 0.717) is 20.8 Å². The molecule has 4 aromatic rings. The van der Waals surface area contributed by atoms with Gasteiger partial charge in [-0.25, -0.2) is 13.0 Å². The van der Waals surface area contributed by atoms with Crippen molar-refractivity contribution >= 4 is 49.9 Å². The molecule has 1 aliphatic heterocycles. The number of piperazine rings is 1. The SMILES string of the molecule is COc1c(N2CCN(C)CC2)cc(S(=O)n2cc(C(F)F)c3cc(Cl)ccc32)c2ccccc12. The summed E-state index contributed by atoms with van der Waals surface area (Å²) in [5.74, 6) is 0.721. The van der Waals surface area contributed by atoms with Crippen molar-refractivity contribution in [2.24, 2.45) is 0 Å². The molecule has 0 N–H and O–H groups in total. The summed E-state index contributed by atoms with van der Waals surface area (Å²) >= 11 is 6.08. The first-order chi connectivity index (χ1) is 16.4. The Hall–Kier alpha value is -2.68. The van der Waals surface area contributed by atoms with E-state index >= 15 is 0 Å². The van der Waals surface area contributed by atoms with Gasteiger partial charge in [-0.1, -0.05) is 35.9 Å². The lowest BCUT2D eigenvalue weighted by Gasteiger charge is -2.35. The Bertz CT molecular complexity index is 1400. The van der Waals surface area contributed by atoms with Crippen molar-refractivity contribution in [3.05, 3.63) is 65.3 Å². The van der Waals surface area contributed by atoms with Crippen LogP contribution in [-0.4, -0.2) is 53.4 Å². The Balaban J connectivity index is 1.72. The molecule has 34 heavy (non-hydrogen) atoms. The van der Waals surface area contributed by atoms with Gasteiger partial charge in [-0.05, 0) is 31.3 Å². The molecule has 1 fully saturated rings. The molecule has 0 aliphatic carbocycles. The van der Waals surface area contributed by atoms with Crippen LogP contribution in [0, 0.1) is 0 Å². The molecule has 1 aromatic heterocycles. The van der Waals surface area contributed by atoms with Crippen LogP contribution in [0.15, 0.2) is 59.6 Å². The molecule has 0 amide bonds. The molecule has 0 radical (unpaired) electrons. The fourth-order valence-corrected chi connectivity index (χ4v) is 6.07. The maximum Gasteiger partial charge on any atom is 0.265 e. The number of benzene rings is 3. The lowest BCUT2D eigenvalue weighted by molar-refractivity contribution is 0.153. The van der Waals surface area contributed by atoms with Crippen LogP contribution in [0.4, 0.5) is 14.5 Å². The highest BCUT2D eigenvalue weighted by Crippen LogP contribution is 2.41. The standard InChI is InChI=1S/C25H24ClF2N3O2S/c1-29-9-11-30(12-10-29)22-14-23(17-5-3-4-6-18(17)24(22)33-2)34(32)31-15-20(25(27)28)19-13-16(26)7-8-21(19)31/h3-8,13-15,25H,9-12H2,1-2H3. The average molecular weight is 504 g/mol. The third-order valence-electron chi connectivity index (χ3n) is 6.35. The molecule has 9 heteroatoms. The summed E-state index contributed by atoms with van der Waals surface area (Å²) < 4.78 is 48.9. The van der Waals surface area contributed by atoms with Crippen LogP contribution in [0.5, 0.6) is 5.75 Å². The van der Waals surface area contributed by atoms with E-state index in [4.69, 9.17) is 16.3 Å². The first-order valence-electron chi connectivity index (χ1n) is 10.9. The number of aromatic nitrogens is 1. The molecule has 1 unspecified atom stereocenters. The number of nitrogens with zero attached hydrogens (tertiary/aromatic N) is 3. The average Bonchev–Trinajstić information content (AvgIpc) is 3.22. The van der Waals surface area contributed by atoms with Crippen molar-refractivity contribution in [2.45, 2.75) is 11.3 Å². The smallest absolute Gasteiger partial charge is 0.265 e. The van der Waals surface area contributed by atoms with Crippen molar-refractivity contribution in [2.75, 3.05) is 45.2 Å². The van der Waals surface area contributed by atoms with E-state index in [2.05, 4.69) is 16.8 Å². The molecule has 1 aliphatic rings. The van der Waals surface area contributed by atoms with Gasteiger partial charge in [-0.15, -0.1) is 0 Å². The highest BCUT2D eigenvalue weighted by atomic mass is 35.5. The summed E-state index contributed by atoms with van der Waals surface area (Å²) in [4.78, 5) is 5.02. The number of hydrogen-bond acceptors (Lipinski definition) is 4. The number of methoxy groups -OCH3 is 1. The van der Waals surface area contributed by atoms with Crippen LogP contribution in [0.3, 0.4) is 0 Å². The van der Waals surface area contributed by atoms with Gasteiger partial charge >= 0.3 is 0 Å². The summed E-state index contributed by atoms with van der Waals surface area (Å²) in [6, 6.07) is 14.2. The molecule has 1 saturated heterocycles. The van der Waals surface area contributed by atoms with Crippen molar-refractivity contribution in [1.82, 2.24) is 8.87 Å². The van der Waals surface area contributed by atoms with Gasteiger partial charge in [0, 0.05) is 59.1 Å². The Morgan fingerprint density at radius 2 is 1.71 bits per heavy atom. The van der Waals surface area contributed by atoms with Gasteiger partial charge in [0.15, 0.2) is 11.0 Å². The second-order valence-electron chi connectivity index (χ2n) is 8.38. The Labute approximate surface area is 204 Å². The van der Waals surface area contributed by atoms with Crippen molar-refractivity contribution in [1.29, 1.82) is 0 Å². The maximum atomic E-state index is 14.0. The molecule has 5 rings (SSSR count). The topological polar surface area (TPSA) is 37.7 Å². The van der Waals surface area contributed by atoms with Crippen molar-refractivity contribution < 1.29 is 17.7 Å². The van der Waals surface area contributed by atoms with Gasteiger partial charge in [-0.2, -0.15) is 0 Å². The molecular formula is C25H24ClF2N3O2S. The second-order valence-corrected chi connectivity index (χ2v) is 10.2. The summed E-state index contributed by atoms with van der Waals surface area (Å²) in [6.45, 7) is 3.40. The zero-order chi connectivity index (χ0) is 24.0. The number of ether oxygens (including phenoxy) is 1. The molecule has 2 heterocycles. The molecule has 0 bridgehead atoms. The van der Waals surface area contributed by atoms with Crippen LogP contribution >= 0.6 is 11.6 Å². The largest absolute Gasteiger partial charge is 0.494 e. The molecule has 0 spiro atoms. The zero-order valence-electron chi connectivity index (χ0n) is 18.8.